The van der Waals surface area contributed by atoms with Crippen LogP contribution in [0.5, 0.6) is 0 Å². The molecule has 1 amide bonds. The standard InChI is InChI=1S/C19H20Cl2N2O3S/c1-14-6-8-15(9-7-14)27(25,26)23-11-3-10-22(12-13-23)19(24)16-4-2-5-17(20)18(16)21/h2,4-9H,3,10-13H2,1H3. The van der Waals surface area contributed by atoms with Gasteiger partial charge in [-0.15, -0.1) is 0 Å². The van der Waals surface area contributed by atoms with Crippen LogP contribution in [-0.2, 0) is 10.0 Å². The van der Waals surface area contributed by atoms with Gasteiger partial charge in [-0.1, -0.05) is 47.0 Å². The van der Waals surface area contributed by atoms with E-state index in [1.54, 1.807) is 47.4 Å². The Balaban J connectivity index is 1.76. The van der Waals surface area contributed by atoms with Crippen LogP contribution >= 0.6 is 23.2 Å². The van der Waals surface area contributed by atoms with Crippen LogP contribution in [0.3, 0.4) is 0 Å². The summed E-state index contributed by atoms with van der Waals surface area (Å²) in [5, 5.41) is 0.540. The van der Waals surface area contributed by atoms with Crippen molar-refractivity contribution in [2.75, 3.05) is 26.2 Å². The lowest BCUT2D eigenvalue weighted by Crippen LogP contribution is -2.37. The molecule has 1 saturated heterocycles. The number of hydrogen-bond acceptors (Lipinski definition) is 3. The second kappa shape index (κ2) is 8.19. The van der Waals surface area contributed by atoms with Crippen LogP contribution in [0, 0.1) is 6.92 Å². The van der Waals surface area contributed by atoms with E-state index < -0.39 is 10.0 Å². The Morgan fingerprint density at radius 3 is 2.37 bits per heavy atom. The molecular weight excluding hydrogens is 407 g/mol. The molecular formula is C19H20Cl2N2O3S. The van der Waals surface area contributed by atoms with Gasteiger partial charge in [0.2, 0.25) is 10.0 Å². The lowest BCUT2D eigenvalue weighted by atomic mass is 10.2. The van der Waals surface area contributed by atoms with Crippen molar-refractivity contribution in [1.82, 2.24) is 9.21 Å². The molecule has 2 aromatic carbocycles. The molecule has 27 heavy (non-hydrogen) atoms. The predicted molar refractivity (Wildman–Crippen MR) is 107 cm³/mol. The van der Waals surface area contributed by atoms with Crippen molar-refractivity contribution in [3.05, 3.63) is 63.6 Å². The second-order valence-electron chi connectivity index (χ2n) is 6.46. The number of sulfonamides is 1. The third-order valence-corrected chi connectivity index (χ3v) is 7.31. The van der Waals surface area contributed by atoms with Crippen LogP contribution < -0.4 is 0 Å². The molecule has 0 spiro atoms. The van der Waals surface area contributed by atoms with Gasteiger partial charge < -0.3 is 4.90 Å². The molecule has 0 unspecified atom stereocenters. The molecule has 0 N–H and O–H groups in total. The van der Waals surface area contributed by atoms with E-state index in [0.29, 0.717) is 36.6 Å². The van der Waals surface area contributed by atoms with E-state index in [1.165, 1.54) is 4.31 Å². The monoisotopic (exact) mass is 426 g/mol. The van der Waals surface area contributed by atoms with Gasteiger partial charge >= 0.3 is 0 Å². The van der Waals surface area contributed by atoms with Crippen LogP contribution in [0.1, 0.15) is 22.3 Å². The summed E-state index contributed by atoms with van der Waals surface area (Å²) in [6.45, 7) is 3.27. The number of amides is 1. The summed E-state index contributed by atoms with van der Waals surface area (Å²) in [5.41, 5.74) is 1.33. The van der Waals surface area contributed by atoms with Crippen LogP contribution in [0.2, 0.25) is 10.0 Å². The summed E-state index contributed by atoms with van der Waals surface area (Å²) in [6.07, 6.45) is 0.551. The van der Waals surface area contributed by atoms with Gasteiger partial charge in [-0.2, -0.15) is 4.31 Å². The van der Waals surface area contributed by atoms with E-state index in [9.17, 15) is 13.2 Å². The SMILES string of the molecule is Cc1ccc(S(=O)(=O)N2CCCN(C(=O)c3cccc(Cl)c3Cl)CC2)cc1. The normalized spacial score (nSPS) is 16.2. The summed E-state index contributed by atoms with van der Waals surface area (Å²) in [4.78, 5) is 14.7. The van der Waals surface area contributed by atoms with Crippen molar-refractivity contribution in [2.45, 2.75) is 18.2 Å². The smallest absolute Gasteiger partial charge is 0.255 e. The Labute approximate surface area is 169 Å². The third-order valence-electron chi connectivity index (χ3n) is 4.58. The van der Waals surface area contributed by atoms with Crippen molar-refractivity contribution >= 4 is 39.1 Å². The number of benzene rings is 2. The highest BCUT2D eigenvalue weighted by Crippen LogP contribution is 2.27. The molecule has 1 heterocycles. The Hall–Kier alpha value is -1.60. The molecule has 8 heteroatoms. The van der Waals surface area contributed by atoms with Gasteiger partial charge in [0.25, 0.3) is 5.91 Å². The molecule has 5 nitrogen and oxygen atoms in total. The Morgan fingerprint density at radius 2 is 1.67 bits per heavy atom. The molecule has 1 aliphatic rings. The first kappa shape index (κ1) is 20.1. The lowest BCUT2D eigenvalue weighted by molar-refractivity contribution is 0.0764. The quantitative estimate of drug-likeness (QED) is 0.748. The molecule has 0 radical (unpaired) electrons. The zero-order valence-electron chi connectivity index (χ0n) is 14.9. The van der Waals surface area contributed by atoms with Crippen LogP contribution in [0.15, 0.2) is 47.4 Å². The van der Waals surface area contributed by atoms with E-state index in [4.69, 9.17) is 23.2 Å². The Kier molecular flexibility index (Phi) is 6.11. The highest BCUT2D eigenvalue weighted by molar-refractivity contribution is 7.89. The van der Waals surface area contributed by atoms with Crippen LogP contribution in [0.4, 0.5) is 0 Å². The fourth-order valence-corrected chi connectivity index (χ4v) is 4.89. The van der Waals surface area contributed by atoms with Gasteiger partial charge in [-0.25, -0.2) is 8.42 Å². The highest BCUT2D eigenvalue weighted by Gasteiger charge is 2.29. The van der Waals surface area contributed by atoms with E-state index in [1.807, 2.05) is 6.92 Å². The Bertz CT molecular complexity index is 946. The van der Waals surface area contributed by atoms with Crippen LogP contribution in [-0.4, -0.2) is 49.7 Å². The van der Waals surface area contributed by atoms with Crippen molar-refractivity contribution in [3.63, 3.8) is 0 Å². The third kappa shape index (κ3) is 4.29. The van der Waals surface area contributed by atoms with Gasteiger partial charge in [-0.3, -0.25) is 4.79 Å². The van der Waals surface area contributed by atoms with Crippen molar-refractivity contribution < 1.29 is 13.2 Å². The van der Waals surface area contributed by atoms with E-state index in [2.05, 4.69) is 0 Å². The average Bonchev–Trinajstić information content (AvgIpc) is 2.90. The fourth-order valence-electron chi connectivity index (χ4n) is 3.04. The summed E-state index contributed by atoms with van der Waals surface area (Å²) in [6, 6.07) is 11.7. The summed E-state index contributed by atoms with van der Waals surface area (Å²) < 4.78 is 27.2. The molecule has 2 aromatic rings. The lowest BCUT2D eigenvalue weighted by Gasteiger charge is -2.22. The summed E-state index contributed by atoms with van der Waals surface area (Å²) in [7, 11) is -3.58. The minimum Gasteiger partial charge on any atom is -0.337 e. The largest absolute Gasteiger partial charge is 0.337 e. The first-order chi connectivity index (χ1) is 12.8. The van der Waals surface area contributed by atoms with Gasteiger partial charge in [0.1, 0.15) is 0 Å². The minimum absolute atomic E-state index is 0.220. The zero-order chi connectivity index (χ0) is 19.6. The number of rotatable bonds is 3. The first-order valence-corrected chi connectivity index (χ1v) is 10.8. The molecule has 0 aliphatic carbocycles. The molecule has 0 aromatic heterocycles. The number of halogens is 2. The van der Waals surface area contributed by atoms with Gasteiger partial charge in [-0.05, 0) is 37.6 Å². The molecule has 3 rings (SSSR count). The molecule has 0 saturated carbocycles. The van der Waals surface area contributed by atoms with Gasteiger partial charge in [0, 0.05) is 26.2 Å². The number of carbonyl (C=O) groups excluding carboxylic acids is 1. The van der Waals surface area contributed by atoms with Crippen LogP contribution in [0.25, 0.3) is 0 Å². The summed E-state index contributed by atoms with van der Waals surface area (Å²) in [5.74, 6) is -0.239. The number of carbonyl (C=O) groups is 1. The number of nitrogens with zero attached hydrogens (tertiary/aromatic N) is 2. The maximum Gasteiger partial charge on any atom is 0.255 e. The first-order valence-electron chi connectivity index (χ1n) is 8.61. The minimum atomic E-state index is -3.58. The molecule has 144 valence electrons. The van der Waals surface area contributed by atoms with E-state index in [0.717, 1.165) is 5.56 Å². The Morgan fingerprint density at radius 1 is 0.963 bits per heavy atom. The topological polar surface area (TPSA) is 57.7 Å². The molecule has 0 atom stereocenters. The number of aryl methyl sites for hydroxylation is 1. The predicted octanol–water partition coefficient (Wildman–Crippen LogP) is 3.84. The molecule has 1 fully saturated rings. The van der Waals surface area contributed by atoms with Crippen molar-refractivity contribution in [3.8, 4) is 0 Å². The molecule has 0 bridgehead atoms. The summed E-state index contributed by atoms with van der Waals surface area (Å²) >= 11 is 12.2. The molecule has 1 aliphatic heterocycles. The number of hydrogen-bond donors (Lipinski definition) is 0. The van der Waals surface area contributed by atoms with E-state index >= 15 is 0 Å². The fraction of sp³-hybridized carbons (Fsp3) is 0.316. The second-order valence-corrected chi connectivity index (χ2v) is 9.19. The maximum absolute atomic E-state index is 12.9. The zero-order valence-corrected chi connectivity index (χ0v) is 17.2. The van der Waals surface area contributed by atoms with E-state index in [-0.39, 0.29) is 22.4 Å². The van der Waals surface area contributed by atoms with Gasteiger partial charge in [0.05, 0.1) is 20.5 Å². The van der Waals surface area contributed by atoms with Gasteiger partial charge in [0.15, 0.2) is 0 Å². The van der Waals surface area contributed by atoms with Crippen molar-refractivity contribution in [1.29, 1.82) is 0 Å². The maximum atomic E-state index is 12.9. The highest BCUT2D eigenvalue weighted by atomic mass is 35.5. The average molecular weight is 427 g/mol. The van der Waals surface area contributed by atoms with Crippen molar-refractivity contribution in [2.24, 2.45) is 0 Å².